The standard InChI is InChI=1S/C12H17ClN2O3/c1-9(2)8-18-7-6-14-12-10(13)4-3-5-11(12)15(16)17/h3-5,9,14H,6-8H2,1-2H3. The molecule has 0 spiro atoms. The summed E-state index contributed by atoms with van der Waals surface area (Å²) < 4.78 is 5.38. The van der Waals surface area contributed by atoms with Crippen molar-refractivity contribution in [2.45, 2.75) is 13.8 Å². The number of nitrogens with zero attached hydrogens (tertiary/aromatic N) is 1. The van der Waals surface area contributed by atoms with Crippen LogP contribution in [0.4, 0.5) is 11.4 Å². The van der Waals surface area contributed by atoms with Crippen molar-refractivity contribution in [1.29, 1.82) is 0 Å². The van der Waals surface area contributed by atoms with E-state index in [4.69, 9.17) is 16.3 Å². The SMILES string of the molecule is CC(C)COCCNc1c(Cl)cccc1[N+](=O)[O-]. The van der Waals surface area contributed by atoms with Crippen molar-refractivity contribution in [3.63, 3.8) is 0 Å². The lowest BCUT2D eigenvalue weighted by atomic mass is 10.2. The van der Waals surface area contributed by atoms with Gasteiger partial charge in [0.2, 0.25) is 0 Å². The molecule has 1 aromatic carbocycles. The fourth-order valence-electron chi connectivity index (χ4n) is 1.41. The second-order valence-corrected chi connectivity index (χ2v) is 4.69. The number of anilines is 1. The second kappa shape index (κ2) is 7.18. The van der Waals surface area contributed by atoms with Gasteiger partial charge in [-0.25, -0.2) is 0 Å². The summed E-state index contributed by atoms with van der Waals surface area (Å²) in [4.78, 5) is 10.4. The van der Waals surface area contributed by atoms with Gasteiger partial charge in [-0.05, 0) is 12.0 Å². The minimum atomic E-state index is -0.455. The molecule has 1 aromatic rings. The zero-order chi connectivity index (χ0) is 13.5. The lowest BCUT2D eigenvalue weighted by Gasteiger charge is -2.10. The number of hydrogen-bond donors (Lipinski definition) is 1. The maximum Gasteiger partial charge on any atom is 0.293 e. The van der Waals surface area contributed by atoms with Gasteiger partial charge in [0.1, 0.15) is 5.69 Å². The molecular weight excluding hydrogens is 256 g/mol. The van der Waals surface area contributed by atoms with Gasteiger partial charge in [0, 0.05) is 19.2 Å². The van der Waals surface area contributed by atoms with Crippen molar-refractivity contribution in [3.05, 3.63) is 33.3 Å². The van der Waals surface area contributed by atoms with Gasteiger partial charge in [-0.3, -0.25) is 10.1 Å². The number of nitrogens with one attached hydrogen (secondary N) is 1. The molecule has 100 valence electrons. The van der Waals surface area contributed by atoms with Gasteiger partial charge in [0.25, 0.3) is 5.69 Å². The van der Waals surface area contributed by atoms with Gasteiger partial charge < -0.3 is 10.1 Å². The Morgan fingerprint density at radius 1 is 1.50 bits per heavy atom. The van der Waals surface area contributed by atoms with E-state index in [1.165, 1.54) is 6.07 Å². The summed E-state index contributed by atoms with van der Waals surface area (Å²) in [6, 6.07) is 4.59. The molecule has 0 aliphatic rings. The van der Waals surface area contributed by atoms with Crippen molar-refractivity contribution in [2.75, 3.05) is 25.1 Å². The summed E-state index contributed by atoms with van der Waals surface area (Å²) in [5, 5.41) is 14.1. The van der Waals surface area contributed by atoms with Crippen LogP contribution in [0.5, 0.6) is 0 Å². The molecule has 0 bridgehead atoms. The molecule has 0 aliphatic carbocycles. The van der Waals surface area contributed by atoms with Crippen molar-refractivity contribution in [2.24, 2.45) is 5.92 Å². The highest BCUT2D eigenvalue weighted by Crippen LogP contribution is 2.31. The topological polar surface area (TPSA) is 64.4 Å². The third-order valence-corrected chi connectivity index (χ3v) is 2.50. The minimum Gasteiger partial charge on any atom is -0.379 e. The Labute approximate surface area is 111 Å². The molecule has 0 saturated carbocycles. The summed E-state index contributed by atoms with van der Waals surface area (Å²) >= 11 is 5.93. The first-order valence-corrected chi connectivity index (χ1v) is 6.14. The van der Waals surface area contributed by atoms with Gasteiger partial charge in [0.15, 0.2) is 0 Å². The minimum absolute atomic E-state index is 0.0219. The Hall–Kier alpha value is -1.33. The fourth-order valence-corrected chi connectivity index (χ4v) is 1.64. The summed E-state index contributed by atoms with van der Waals surface area (Å²) in [5.74, 6) is 0.472. The van der Waals surface area contributed by atoms with Crippen LogP contribution in [0.1, 0.15) is 13.8 Å². The van der Waals surface area contributed by atoms with Crippen molar-refractivity contribution in [3.8, 4) is 0 Å². The van der Waals surface area contributed by atoms with Crippen LogP contribution in [0.3, 0.4) is 0 Å². The third kappa shape index (κ3) is 4.50. The van der Waals surface area contributed by atoms with Crippen LogP contribution in [0, 0.1) is 16.0 Å². The number of hydrogen-bond acceptors (Lipinski definition) is 4. The van der Waals surface area contributed by atoms with E-state index in [9.17, 15) is 10.1 Å². The molecule has 0 heterocycles. The highest BCUT2D eigenvalue weighted by molar-refractivity contribution is 6.33. The van der Waals surface area contributed by atoms with Gasteiger partial charge >= 0.3 is 0 Å². The average Bonchev–Trinajstić information content (AvgIpc) is 2.29. The maximum atomic E-state index is 10.8. The van der Waals surface area contributed by atoms with Crippen LogP contribution in [0.25, 0.3) is 0 Å². The molecule has 0 saturated heterocycles. The molecule has 0 radical (unpaired) electrons. The van der Waals surface area contributed by atoms with E-state index in [-0.39, 0.29) is 5.69 Å². The average molecular weight is 273 g/mol. The monoisotopic (exact) mass is 272 g/mol. The summed E-state index contributed by atoms with van der Waals surface area (Å²) in [7, 11) is 0. The first-order chi connectivity index (χ1) is 8.52. The molecule has 0 amide bonds. The number of benzene rings is 1. The van der Waals surface area contributed by atoms with Crippen molar-refractivity contribution in [1.82, 2.24) is 0 Å². The Morgan fingerprint density at radius 2 is 2.22 bits per heavy atom. The van der Waals surface area contributed by atoms with E-state index < -0.39 is 4.92 Å². The molecular formula is C12H17ClN2O3. The lowest BCUT2D eigenvalue weighted by Crippen LogP contribution is -2.13. The molecule has 0 fully saturated rings. The summed E-state index contributed by atoms with van der Waals surface area (Å²) in [6.07, 6.45) is 0. The van der Waals surface area contributed by atoms with Crippen LogP contribution in [-0.2, 0) is 4.74 Å². The molecule has 1 rings (SSSR count). The van der Waals surface area contributed by atoms with E-state index in [1.54, 1.807) is 12.1 Å². The highest BCUT2D eigenvalue weighted by Gasteiger charge is 2.15. The van der Waals surface area contributed by atoms with Crippen molar-refractivity contribution < 1.29 is 9.66 Å². The van der Waals surface area contributed by atoms with Crippen LogP contribution < -0.4 is 5.32 Å². The fraction of sp³-hybridized carbons (Fsp3) is 0.500. The smallest absolute Gasteiger partial charge is 0.293 e. The predicted octanol–water partition coefficient (Wildman–Crippen LogP) is 3.33. The summed E-state index contributed by atoms with van der Waals surface area (Å²) in [6.45, 7) is 5.77. The number of rotatable bonds is 7. The number of nitro groups is 1. The third-order valence-electron chi connectivity index (χ3n) is 2.19. The first kappa shape index (κ1) is 14.7. The molecule has 18 heavy (non-hydrogen) atoms. The van der Waals surface area contributed by atoms with Gasteiger partial charge in [-0.15, -0.1) is 0 Å². The quantitative estimate of drug-likeness (QED) is 0.470. The Kier molecular flexibility index (Phi) is 5.88. The number of nitro benzene ring substituents is 1. The van der Waals surface area contributed by atoms with Gasteiger partial charge in [-0.1, -0.05) is 31.5 Å². The Balaban J connectivity index is 2.53. The normalized spacial score (nSPS) is 10.7. The molecule has 0 unspecified atom stereocenters. The Bertz CT molecular complexity index is 410. The zero-order valence-electron chi connectivity index (χ0n) is 10.5. The summed E-state index contributed by atoms with van der Waals surface area (Å²) in [5.41, 5.74) is 0.323. The number of para-hydroxylation sites is 1. The molecule has 0 aromatic heterocycles. The molecule has 0 atom stereocenters. The molecule has 5 nitrogen and oxygen atoms in total. The maximum absolute atomic E-state index is 10.8. The number of halogens is 1. The van der Waals surface area contributed by atoms with Crippen LogP contribution in [0.15, 0.2) is 18.2 Å². The highest BCUT2D eigenvalue weighted by atomic mass is 35.5. The van der Waals surface area contributed by atoms with Gasteiger partial charge in [0.05, 0.1) is 16.6 Å². The molecule has 6 heteroatoms. The van der Waals surface area contributed by atoms with Crippen molar-refractivity contribution >= 4 is 23.0 Å². The largest absolute Gasteiger partial charge is 0.379 e. The molecule has 1 N–H and O–H groups in total. The first-order valence-electron chi connectivity index (χ1n) is 5.77. The van der Waals surface area contributed by atoms with Gasteiger partial charge in [-0.2, -0.15) is 0 Å². The van der Waals surface area contributed by atoms with Crippen LogP contribution >= 0.6 is 11.6 Å². The van der Waals surface area contributed by atoms with E-state index >= 15 is 0 Å². The van der Waals surface area contributed by atoms with E-state index in [1.807, 2.05) is 0 Å². The Morgan fingerprint density at radius 3 is 2.83 bits per heavy atom. The molecule has 0 aliphatic heterocycles. The van der Waals surface area contributed by atoms with E-state index in [0.717, 1.165) is 0 Å². The predicted molar refractivity (Wildman–Crippen MR) is 72.3 cm³/mol. The van der Waals surface area contributed by atoms with E-state index in [0.29, 0.717) is 36.4 Å². The van der Waals surface area contributed by atoms with Crippen LogP contribution in [-0.4, -0.2) is 24.7 Å². The lowest BCUT2D eigenvalue weighted by molar-refractivity contribution is -0.383. The van der Waals surface area contributed by atoms with Crippen LogP contribution in [0.2, 0.25) is 5.02 Å². The second-order valence-electron chi connectivity index (χ2n) is 4.29. The zero-order valence-corrected chi connectivity index (χ0v) is 11.2. The van der Waals surface area contributed by atoms with E-state index in [2.05, 4.69) is 19.2 Å². The number of ether oxygens (including phenoxy) is 1.